The van der Waals surface area contributed by atoms with Crippen molar-refractivity contribution in [1.82, 2.24) is 9.97 Å². The van der Waals surface area contributed by atoms with Gasteiger partial charge in [-0.3, -0.25) is 0 Å². The van der Waals surface area contributed by atoms with E-state index in [9.17, 15) is 13.6 Å². The standard InChI is InChI=1S/C13H10F2N2O3/c1-20-8-4-2-3-7(5-8)12-16-6-9(13(18)19)10(17-12)11(14)15/h2-6,11H,1H3,(H,18,19). The van der Waals surface area contributed by atoms with Gasteiger partial charge >= 0.3 is 5.97 Å². The van der Waals surface area contributed by atoms with Crippen LogP contribution in [-0.2, 0) is 0 Å². The highest BCUT2D eigenvalue weighted by Gasteiger charge is 2.21. The molecule has 0 aliphatic heterocycles. The number of halogens is 2. The normalized spacial score (nSPS) is 10.6. The van der Waals surface area contributed by atoms with Crippen LogP contribution in [0.1, 0.15) is 22.5 Å². The second-order valence-electron chi connectivity index (χ2n) is 3.83. The summed E-state index contributed by atoms with van der Waals surface area (Å²) in [5.41, 5.74) is -0.944. The molecule has 0 spiro atoms. The number of ether oxygens (including phenoxy) is 1. The Morgan fingerprint density at radius 2 is 2.15 bits per heavy atom. The first kappa shape index (κ1) is 13.9. The molecule has 2 aromatic rings. The van der Waals surface area contributed by atoms with Gasteiger partial charge < -0.3 is 9.84 Å². The summed E-state index contributed by atoms with van der Waals surface area (Å²) in [5, 5.41) is 8.82. The molecule has 20 heavy (non-hydrogen) atoms. The molecule has 0 aliphatic rings. The average Bonchev–Trinajstić information content (AvgIpc) is 2.46. The molecule has 2 rings (SSSR count). The molecule has 1 aromatic carbocycles. The van der Waals surface area contributed by atoms with Crippen molar-refractivity contribution >= 4 is 5.97 Å². The van der Waals surface area contributed by atoms with Gasteiger partial charge in [-0.15, -0.1) is 0 Å². The fourth-order valence-electron chi connectivity index (χ4n) is 1.63. The topological polar surface area (TPSA) is 72.3 Å². The zero-order chi connectivity index (χ0) is 14.7. The number of methoxy groups -OCH3 is 1. The van der Waals surface area contributed by atoms with Gasteiger partial charge in [0.05, 0.1) is 7.11 Å². The Bertz CT molecular complexity index is 647. The van der Waals surface area contributed by atoms with E-state index in [2.05, 4.69) is 9.97 Å². The van der Waals surface area contributed by atoms with Crippen LogP contribution >= 0.6 is 0 Å². The number of nitrogens with zero attached hydrogens (tertiary/aromatic N) is 2. The third-order valence-corrected chi connectivity index (χ3v) is 2.58. The number of rotatable bonds is 4. The minimum Gasteiger partial charge on any atom is -0.497 e. The third-order valence-electron chi connectivity index (χ3n) is 2.58. The van der Waals surface area contributed by atoms with Gasteiger partial charge in [0.25, 0.3) is 6.43 Å². The van der Waals surface area contributed by atoms with E-state index in [1.807, 2.05) is 0 Å². The van der Waals surface area contributed by atoms with E-state index in [0.717, 1.165) is 6.20 Å². The van der Waals surface area contributed by atoms with Crippen molar-refractivity contribution in [3.63, 3.8) is 0 Å². The van der Waals surface area contributed by atoms with Crippen molar-refractivity contribution in [3.8, 4) is 17.1 Å². The zero-order valence-corrected chi connectivity index (χ0v) is 10.4. The van der Waals surface area contributed by atoms with Crippen LogP contribution in [0.3, 0.4) is 0 Å². The van der Waals surface area contributed by atoms with Crippen LogP contribution in [0, 0.1) is 0 Å². The number of hydrogen-bond acceptors (Lipinski definition) is 4. The Hall–Kier alpha value is -2.57. The molecule has 0 amide bonds. The average molecular weight is 280 g/mol. The van der Waals surface area contributed by atoms with Crippen LogP contribution in [0.25, 0.3) is 11.4 Å². The number of aromatic carboxylic acids is 1. The Morgan fingerprint density at radius 1 is 1.40 bits per heavy atom. The highest BCUT2D eigenvalue weighted by atomic mass is 19.3. The van der Waals surface area contributed by atoms with Gasteiger partial charge in [0, 0.05) is 11.8 Å². The van der Waals surface area contributed by atoms with Gasteiger partial charge in [0.1, 0.15) is 17.0 Å². The lowest BCUT2D eigenvalue weighted by Gasteiger charge is -2.07. The summed E-state index contributed by atoms with van der Waals surface area (Å²) in [4.78, 5) is 18.3. The lowest BCUT2D eigenvalue weighted by molar-refractivity contribution is 0.0681. The van der Waals surface area contributed by atoms with Crippen LogP contribution in [-0.4, -0.2) is 28.2 Å². The first-order valence-corrected chi connectivity index (χ1v) is 5.55. The van der Waals surface area contributed by atoms with Crippen LogP contribution < -0.4 is 4.74 Å². The van der Waals surface area contributed by atoms with E-state index in [-0.39, 0.29) is 5.82 Å². The van der Waals surface area contributed by atoms with Gasteiger partial charge in [-0.25, -0.2) is 23.5 Å². The van der Waals surface area contributed by atoms with Crippen molar-refractivity contribution in [1.29, 1.82) is 0 Å². The number of aromatic nitrogens is 2. The van der Waals surface area contributed by atoms with Crippen LogP contribution in [0.5, 0.6) is 5.75 Å². The summed E-state index contributed by atoms with van der Waals surface area (Å²) < 4.78 is 30.7. The fraction of sp³-hybridized carbons (Fsp3) is 0.154. The van der Waals surface area contributed by atoms with Crippen molar-refractivity contribution in [2.45, 2.75) is 6.43 Å². The minimum atomic E-state index is -2.99. The number of carboxylic acids is 1. The molecule has 7 heteroatoms. The molecular weight excluding hydrogens is 270 g/mol. The molecule has 1 aromatic heterocycles. The monoisotopic (exact) mass is 280 g/mol. The molecule has 1 N–H and O–H groups in total. The first-order valence-electron chi connectivity index (χ1n) is 5.55. The Labute approximate surface area is 112 Å². The molecule has 0 saturated carbocycles. The SMILES string of the molecule is COc1cccc(-c2ncc(C(=O)O)c(C(F)F)n2)c1. The Morgan fingerprint density at radius 3 is 2.75 bits per heavy atom. The molecule has 0 fully saturated rings. The number of hydrogen-bond donors (Lipinski definition) is 1. The third kappa shape index (κ3) is 2.71. The van der Waals surface area contributed by atoms with Gasteiger partial charge in [-0.1, -0.05) is 12.1 Å². The predicted octanol–water partition coefficient (Wildman–Crippen LogP) is 2.79. The summed E-state index contributed by atoms with van der Waals surface area (Å²) in [6.45, 7) is 0. The maximum absolute atomic E-state index is 12.9. The molecule has 1 heterocycles. The summed E-state index contributed by atoms with van der Waals surface area (Å²) in [6, 6.07) is 6.53. The molecule has 0 unspecified atom stereocenters. The molecular formula is C13H10F2N2O3. The molecule has 0 saturated heterocycles. The Kier molecular flexibility index (Phi) is 3.88. The van der Waals surface area contributed by atoms with Gasteiger partial charge in [0.2, 0.25) is 0 Å². The van der Waals surface area contributed by atoms with Crippen molar-refractivity contribution in [2.24, 2.45) is 0 Å². The van der Waals surface area contributed by atoms with Crippen molar-refractivity contribution in [2.75, 3.05) is 7.11 Å². The minimum absolute atomic E-state index is 0.0178. The summed E-state index contributed by atoms with van der Waals surface area (Å²) in [5.74, 6) is -0.950. The number of carboxylic acid groups (broad SMARTS) is 1. The van der Waals surface area contributed by atoms with E-state index < -0.39 is 23.7 Å². The van der Waals surface area contributed by atoms with E-state index in [1.54, 1.807) is 24.3 Å². The predicted molar refractivity (Wildman–Crippen MR) is 65.9 cm³/mol. The molecule has 104 valence electrons. The van der Waals surface area contributed by atoms with Gasteiger partial charge in [-0.05, 0) is 12.1 Å². The summed E-state index contributed by atoms with van der Waals surface area (Å²) in [7, 11) is 1.47. The molecule has 5 nitrogen and oxygen atoms in total. The lowest BCUT2D eigenvalue weighted by atomic mass is 10.1. The van der Waals surface area contributed by atoms with Crippen LogP contribution in [0.15, 0.2) is 30.5 Å². The van der Waals surface area contributed by atoms with Crippen LogP contribution in [0.2, 0.25) is 0 Å². The van der Waals surface area contributed by atoms with E-state index >= 15 is 0 Å². The highest BCUT2D eigenvalue weighted by Crippen LogP contribution is 2.25. The van der Waals surface area contributed by atoms with E-state index in [1.165, 1.54) is 7.11 Å². The second-order valence-corrected chi connectivity index (χ2v) is 3.83. The number of alkyl halides is 2. The van der Waals surface area contributed by atoms with Crippen molar-refractivity contribution in [3.05, 3.63) is 41.7 Å². The maximum atomic E-state index is 12.9. The zero-order valence-electron chi connectivity index (χ0n) is 10.4. The van der Waals surface area contributed by atoms with Crippen molar-refractivity contribution < 1.29 is 23.4 Å². The highest BCUT2D eigenvalue weighted by molar-refractivity contribution is 5.88. The first-order chi connectivity index (χ1) is 9.52. The maximum Gasteiger partial charge on any atom is 0.339 e. The van der Waals surface area contributed by atoms with Gasteiger partial charge in [-0.2, -0.15) is 0 Å². The molecule has 0 radical (unpaired) electrons. The smallest absolute Gasteiger partial charge is 0.339 e. The molecule has 0 atom stereocenters. The van der Waals surface area contributed by atoms with Crippen LogP contribution in [0.4, 0.5) is 8.78 Å². The summed E-state index contributed by atoms with van der Waals surface area (Å²) >= 11 is 0. The molecule has 0 aliphatic carbocycles. The lowest BCUT2D eigenvalue weighted by Crippen LogP contribution is -2.08. The molecule has 0 bridgehead atoms. The van der Waals surface area contributed by atoms with E-state index in [4.69, 9.17) is 9.84 Å². The quantitative estimate of drug-likeness (QED) is 0.932. The van der Waals surface area contributed by atoms with E-state index in [0.29, 0.717) is 11.3 Å². The Balaban J connectivity index is 2.52. The second kappa shape index (κ2) is 5.60. The fourth-order valence-corrected chi connectivity index (χ4v) is 1.63. The summed E-state index contributed by atoms with van der Waals surface area (Å²) in [6.07, 6.45) is -2.11. The largest absolute Gasteiger partial charge is 0.497 e. The number of benzene rings is 1. The number of carbonyl (C=O) groups is 1. The van der Waals surface area contributed by atoms with Gasteiger partial charge in [0.15, 0.2) is 5.82 Å².